The Balaban J connectivity index is 3.15. The molecule has 78 valence electrons. The molecule has 0 heterocycles. The van der Waals surface area contributed by atoms with Crippen LogP contribution in [0.25, 0.3) is 0 Å². The molecule has 0 bridgehead atoms. The summed E-state index contributed by atoms with van der Waals surface area (Å²) in [5, 5.41) is 1.60. The molecule has 1 nitrogen and oxygen atoms in total. The minimum atomic E-state index is -1.80. The van der Waals surface area contributed by atoms with Crippen molar-refractivity contribution in [3.63, 3.8) is 0 Å². The van der Waals surface area contributed by atoms with Crippen molar-refractivity contribution < 1.29 is 4.43 Å². The second-order valence-electron chi connectivity index (χ2n) is 4.85. The zero-order valence-corrected chi connectivity index (χ0v) is 10.8. The van der Waals surface area contributed by atoms with Crippen molar-refractivity contribution >= 4 is 13.5 Å². The van der Waals surface area contributed by atoms with Gasteiger partial charge < -0.3 is 4.43 Å². The third-order valence-electron chi connectivity index (χ3n) is 3.16. The highest BCUT2D eigenvalue weighted by molar-refractivity contribution is 6.87. The van der Waals surface area contributed by atoms with Gasteiger partial charge in [0.2, 0.25) is 8.32 Å². The van der Waals surface area contributed by atoms with Crippen LogP contribution in [0.4, 0.5) is 0 Å². The Bertz CT molecular complexity index is 289. The first-order valence-corrected chi connectivity index (χ1v) is 7.43. The van der Waals surface area contributed by atoms with Crippen molar-refractivity contribution in [2.75, 3.05) is 7.11 Å². The van der Waals surface area contributed by atoms with Crippen molar-refractivity contribution in [2.24, 2.45) is 0 Å². The number of hydrogen-bond donors (Lipinski definition) is 0. The van der Waals surface area contributed by atoms with E-state index in [1.54, 1.807) is 0 Å². The Morgan fingerprint density at radius 3 is 1.93 bits per heavy atom. The van der Waals surface area contributed by atoms with Crippen LogP contribution in [0.15, 0.2) is 30.3 Å². The zero-order chi connectivity index (χ0) is 10.8. The lowest BCUT2D eigenvalue weighted by Gasteiger charge is -2.38. The van der Waals surface area contributed by atoms with Gasteiger partial charge in [-0.1, -0.05) is 51.1 Å². The molecule has 0 fully saturated rings. The summed E-state index contributed by atoms with van der Waals surface area (Å²) in [4.78, 5) is 0. The predicted molar refractivity (Wildman–Crippen MR) is 64.4 cm³/mol. The van der Waals surface area contributed by atoms with Crippen molar-refractivity contribution in [3.05, 3.63) is 30.3 Å². The first kappa shape index (κ1) is 11.5. The van der Waals surface area contributed by atoms with Crippen molar-refractivity contribution in [3.8, 4) is 0 Å². The summed E-state index contributed by atoms with van der Waals surface area (Å²) in [5.41, 5.74) is 0. The summed E-state index contributed by atoms with van der Waals surface area (Å²) in [6, 6.07) is 10.6. The molecule has 1 atom stereocenters. The molecule has 0 saturated heterocycles. The Hall–Kier alpha value is -0.603. The molecule has 0 saturated carbocycles. The average Bonchev–Trinajstić information content (AvgIpc) is 2.16. The van der Waals surface area contributed by atoms with Gasteiger partial charge in [0, 0.05) is 7.11 Å². The molecule has 0 aliphatic rings. The summed E-state index contributed by atoms with van der Waals surface area (Å²) >= 11 is 0. The van der Waals surface area contributed by atoms with Crippen molar-refractivity contribution in [1.29, 1.82) is 0 Å². The second-order valence-corrected chi connectivity index (χ2v) is 9.41. The third-order valence-corrected chi connectivity index (χ3v) is 8.28. The van der Waals surface area contributed by atoms with Gasteiger partial charge in [-0.25, -0.2) is 0 Å². The summed E-state index contributed by atoms with van der Waals surface area (Å²) in [5.74, 6) is 0. The van der Waals surface area contributed by atoms with Crippen molar-refractivity contribution in [1.82, 2.24) is 0 Å². The van der Waals surface area contributed by atoms with Gasteiger partial charge in [0.1, 0.15) is 0 Å². The molecule has 0 aliphatic heterocycles. The van der Waals surface area contributed by atoms with E-state index in [0.29, 0.717) is 0 Å². The normalized spacial score (nSPS) is 16.4. The monoisotopic (exact) mass is 208 g/mol. The van der Waals surface area contributed by atoms with E-state index in [0.717, 1.165) is 0 Å². The highest BCUT2D eigenvalue weighted by Crippen LogP contribution is 2.35. The van der Waals surface area contributed by atoms with Gasteiger partial charge in [-0.3, -0.25) is 0 Å². The SMILES string of the molecule is CO[Si](C)(c1ccccc1)C(C)(C)C. The molecule has 0 aliphatic carbocycles. The van der Waals surface area contributed by atoms with E-state index < -0.39 is 8.32 Å². The molecular formula is C12H20OSi. The van der Waals surface area contributed by atoms with Crippen LogP contribution in [-0.2, 0) is 4.43 Å². The maximum absolute atomic E-state index is 5.83. The standard InChI is InChI=1S/C12H20OSi/c1-12(2,3)14(5,13-4)11-9-7-6-8-10-11/h6-10H,1-5H3. The molecule has 0 radical (unpaired) electrons. The quantitative estimate of drug-likeness (QED) is 0.679. The van der Waals surface area contributed by atoms with E-state index in [-0.39, 0.29) is 5.04 Å². The fourth-order valence-corrected chi connectivity index (χ4v) is 4.16. The molecule has 1 rings (SSSR count). The first-order chi connectivity index (χ1) is 6.42. The van der Waals surface area contributed by atoms with Gasteiger partial charge in [-0.2, -0.15) is 0 Å². The van der Waals surface area contributed by atoms with Crippen LogP contribution < -0.4 is 5.19 Å². The maximum atomic E-state index is 5.83. The van der Waals surface area contributed by atoms with Gasteiger partial charge in [0.15, 0.2) is 0 Å². The Kier molecular flexibility index (Phi) is 3.17. The topological polar surface area (TPSA) is 9.23 Å². The minimum Gasteiger partial charge on any atom is -0.415 e. The van der Waals surface area contributed by atoms with Crippen LogP contribution in [0.3, 0.4) is 0 Å². The van der Waals surface area contributed by atoms with Crippen LogP contribution in [0.1, 0.15) is 20.8 Å². The fourth-order valence-electron chi connectivity index (χ4n) is 1.61. The van der Waals surface area contributed by atoms with Crippen LogP contribution in [0, 0.1) is 0 Å². The molecule has 2 heteroatoms. The van der Waals surface area contributed by atoms with Crippen LogP contribution in [-0.4, -0.2) is 15.4 Å². The molecule has 0 aromatic heterocycles. The van der Waals surface area contributed by atoms with E-state index in [9.17, 15) is 0 Å². The van der Waals surface area contributed by atoms with Gasteiger partial charge >= 0.3 is 0 Å². The van der Waals surface area contributed by atoms with E-state index in [1.807, 2.05) is 7.11 Å². The second kappa shape index (κ2) is 3.87. The van der Waals surface area contributed by atoms with E-state index in [4.69, 9.17) is 4.43 Å². The number of hydrogen-bond acceptors (Lipinski definition) is 1. The number of rotatable bonds is 2. The molecule has 0 N–H and O–H groups in total. The van der Waals surface area contributed by atoms with Crippen LogP contribution in [0.2, 0.25) is 11.6 Å². The molecule has 1 aromatic rings. The lowest BCUT2D eigenvalue weighted by Crippen LogP contribution is -2.54. The average molecular weight is 208 g/mol. The Morgan fingerprint density at radius 2 is 1.57 bits per heavy atom. The third kappa shape index (κ3) is 1.91. The van der Waals surface area contributed by atoms with Gasteiger partial charge in [-0.15, -0.1) is 0 Å². The summed E-state index contributed by atoms with van der Waals surface area (Å²) in [7, 11) is 0.0367. The van der Waals surface area contributed by atoms with E-state index in [2.05, 4.69) is 57.7 Å². The molecular weight excluding hydrogens is 188 g/mol. The predicted octanol–water partition coefficient (Wildman–Crippen LogP) is 2.92. The largest absolute Gasteiger partial charge is 0.415 e. The van der Waals surface area contributed by atoms with E-state index in [1.165, 1.54) is 5.19 Å². The molecule has 1 aromatic carbocycles. The number of benzene rings is 1. The molecule has 0 spiro atoms. The summed E-state index contributed by atoms with van der Waals surface area (Å²) < 4.78 is 5.83. The highest BCUT2D eigenvalue weighted by atomic mass is 28.4. The molecule has 14 heavy (non-hydrogen) atoms. The zero-order valence-electron chi connectivity index (χ0n) is 9.79. The molecule has 0 amide bonds. The van der Waals surface area contributed by atoms with Crippen LogP contribution >= 0.6 is 0 Å². The summed E-state index contributed by atoms with van der Waals surface area (Å²) in [6.07, 6.45) is 0. The minimum absolute atomic E-state index is 0.225. The van der Waals surface area contributed by atoms with E-state index >= 15 is 0 Å². The summed E-state index contributed by atoms with van der Waals surface area (Å²) in [6.45, 7) is 9.06. The lowest BCUT2D eigenvalue weighted by molar-refractivity contribution is 0.380. The van der Waals surface area contributed by atoms with Crippen LogP contribution in [0.5, 0.6) is 0 Å². The lowest BCUT2D eigenvalue weighted by atomic mass is 10.2. The van der Waals surface area contributed by atoms with Gasteiger partial charge in [0.05, 0.1) is 0 Å². The smallest absolute Gasteiger partial charge is 0.225 e. The highest BCUT2D eigenvalue weighted by Gasteiger charge is 2.42. The van der Waals surface area contributed by atoms with Gasteiger partial charge in [-0.05, 0) is 16.8 Å². The Morgan fingerprint density at radius 1 is 1.07 bits per heavy atom. The van der Waals surface area contributed by atoms with Crippen molar-refractivity contribution in [2.45, 2.75) is 32.4 Å². The maximum Gasteiger partial charge on any atom is 0.225 e. The first-order valence-electron chi connectivity index (χ1n) is 5.02. The fraction of sp³-hybridized carbons (Fsp3) is 0.500. The van der Waals surface area contributed by atoms with Gasteiger partial charge in [0.25, 0.3) is 0 Å². The molecule has 1 unspecified atom stereocenters. The Labute approximate surface area is 88.2 Å².